The maximum Gasteiger partial charge on any atom is 0.323 e. The van der Waals surface area contributed by atoms with Gasteiger partial charge in [0.1, 0.15) is 6.54 Å². The van der Waals surface area contributed by atoms with Crippen molar-refractivity contribution in [2.45, 2.75) is 32.7 Å². The minimum Gasteiger partial charge on any atom is -0.480 e. The normalized spacial score (nSPS) is 20.4. The Morgan fingerprint density at radius 1 is 1.44 bits per heavy atom. The summed E-state index contributed by atoms with van der Waals surface area (Å²) in [5.74, 6) is -0.981. The van der Waals surface area contributed by atoms with Gasteiger partial charge in [-0.1, -0.05) is 6.92 Å². The van der Waals surface area contributed by atoms with Gasteiger partial charge in [-0.2, -0.15) is 0 Å². The first-order valence-corrected chi connectivity index (χ1v) is 6.56. The fourth-order valence-electron chi connectivity index (χ4n) is 2.22. The smallest absolute Gasteiger partial charge is 0.323 e. The Hall–Kier alpha value is -1.30. The Bertz CT molecular complexity index is 296. The molecule has 6 nitrogen and oxygen atoms in total. The van der Waals surface area contributed by atoms with E-state index in [0.29, 0.717) is 6.54 Å². The van der Waals surface area contributed by atoms with Gasteiger partial charge < -0.3 is 20.2 Å². The fraction of sp³-hybridized carbons (Fsp3) is 0.833. The Balaban J connectivity index is 2.44. The minimum absolute atomic E-state index is 0.133. The summed E-state index contributed by atoms with van der Waals surface area (Å²) in [4.78, 5) is 26.1. The predicted octanol–water partition coefficient (Wildman–Crippen LogP) is 0.587. The number of carbonyl (C=O) groups excluding carboxylic acids is 1. The van der Waals surface area contributed by atoms with Crippen LogP contribution in [-0.2, 0) is 4.79 Å². The monoisotopic (exact) mass is 257 g/mol. The second-order valence-corrected chi connectivity index (χ2v) is 4.59. The minimum atomic E-state index is -0.981. The van der Waals surface area contributed by atoms with Gasteiger partial charge in [0, 0.05) is 19.1 Å². The number of carboxylic acids is 1. The molecule has 0 aromatic carbocycles. The van der Waals surface area contributed by atoms with Crippen LogP contribution in [0.2, 0.25) is 0 Å². The molecule has 0 aromatic heterocycles. The lowest BCUT2D eigenvalue weighted by Gasteiger charge is -2.33. The summed E-state index contributed by atoms with van der Waals surface area (Å²) in [7, 11) is 0. The van der Waals surface area contributed by atoms with Gasteiger partial charge in [0.05, 0.1) is 0 Å². The first kappa shape index (κ1) is 14.8. The third kappa shape index (κ3) is 4.52. The number of likely N-dealkylation sites (tertiary alicyclic amines) is 1. The highest BCUT2D eigenvalue weighted by molar-refractivity contribution is 5.80. The van der Waals surface area contributed by atoms with Crippen LogP contribution in [-0.4, -0.2) is 65.7 Å². The molecule has 1 heterocycles. The van der Waals surface area contributed by atoms with E-state index in [1.165, 1.54) is 4.90 Å². The molecule has 1 rings (SSSR count). The molecule has 1 saturated heterocycles. The number of nitrogens with zero attached hydrogens (tertiary/aromatic N) is 2. The van der Waals surface area contributed by atoms with Crippen molar-refractivity contribution in [3.63, 3.8) is 0 Å². The zero-order valence-electron chi connectivity index (χ0n) is 11.2. The first-order chi connectivity index (χ1) is 8.56. The number of hydrogen-bond donors (Lipinski definition) is 2. The Morgan fingerprint density at radius 3 is 2.72 bits per heavy atom. The highest BCUT2D eigenvalue weighted by atomic mass is 16.4. The van der Waals surface area contributed by atoms with Crippen LogP contribution in [0.5, 0.6) is 0 Å². The van der Waals surface area contributed by atoms with E-state index in [9.17, 15) is 9.59 Å². The van der Waals surface area contributed by atoms with Gasteiger partial charge in [0.15, 0.2) is 0 Å². The summed E-state index contributed by atoms with van der Waals surface area (Å²) < 4.78 is 0. The largest absolute Gasteiger partial charge is 0.480 e. The van der Waals surface area contributed by atoms with Gasteiger partial charge in [0.25, 0.3) is 0 Å². The molecule has 1 atom stereocenters. The molecule has 1 aliphatic heterocycles. The predicted molar refractivity (Wildman–Crippen MR) is 68.6 cm³/mol. The topological polar surface area (TPSA) is 72.9 Å². The molecule has 0 aromatic rings. The summed E-state index contributed by atoms with van der Waals surface area (Å²) in [6.45, 7) is 6.96. The lowest BCUT2D eigenvalue weighted by molar-refractivity contribution is -0.137. The molecule has 1 aliphatic rings. The van der Waals surface area contributed by atoms with Gasteiger partial charge in [-0.25, -0.2) is 4.79 Å². The van der Waals surface area contributed by atoms with Crippen LogP contribution in [0.4, 0.5) is 4.79 Å². The van der Waals surface area contributed by atoms with Gasteiger partial charge in [-0.3, -0.25) is 4.79 Å². The van der Waals surface area contributed by atoms with Gasteiger partial charge >= 0.3 is 12.0 Å². The van der Waals surface area contributed by atoms with Crippen LogP contribution in [0.25, 0.3) is 0 Å². The molecule has 0 radical (unpaired) electrons. The number of nitrogens with one attached hydrogen (secondary N) is 1. The summed E-state index contributed by atoms with van der Waals surface area (Å²) in [6.07, 6.45) is 2.04. The highest BCUT2D eigenvalue weighted by Crippen LogP contribution is 2.09. The van der Waals surface area contributed by atoms with Crippen molar-refractivity contribution in [3.05, 3.63) is 0 Å². The van der Waals surface area contributed by atoms with Crippen LogP contribution in [0, 0.1) is 0 Å². The first-order valence-electron chi connectivity index (χ1n) is 6.56. The molecule has 0 bridgehead atoms. The maximum absolute atomic E-state index is 11.9. The Kier molecular flexibility index (Phi) is 5.91. The molecular formula is C12H23N3O3. The van der Waals surface area contributed by atoms with Crippen molar-refractivity contribution in [1.29, 1.82) is 0 Å². The van der Waals surface area contributed by atoms with E-state index in [0.717, 1.165) is 32.5 Å². The molecule has 6 heteroatoms. The maximum atomic E-state index is 11.9. The van der Waals surface area contributed by atoms with Crippen LogP contribution in [0.3, 0.4) is 0 Å². The summed E-state index contributed by atoms with van der Waals surface area (Å²) >= 11 is 0. The SMILES string of the molecule is CCN1CCCC(NC(=O)N(CC)CC(=O)O)C1. The lowest BCUT2D eigenvalue weighted by Crippen LogP contribution is -2.52. The molecule has 1 fully saturated rings. The van der Waals surface area contributed by atoms with Crippen molar-refractivity contribution >= 4 is 12.0 Å². The third-order valence-electron chi connectivity index (χ3n) is 3.28. The van der Waals surface area contributed by atoms with Crippen LogP contribution in [0.15, 0.2) is 0 Å². The van der Waals surface area contributed by atoms with E-state index < -0.39 is 5.97 Å². The van der Waals surface area contributed by atoms with Crippen molar-refractivity contribution in [3.8, 4) is 0 Å². The molecule has 0 saturated carbocycles. The van der Waals surface area contributed by atoms with E-state index in [1.807, 2.05) is 0 Å². The number of piperidine rings is 1. The highest BCUT2D eigenvalue weighted by Gasteiger charge is 2.23. The number of rotatable bonds is 5. The van der Waals surface area contributed by atoms with Crippen molar-refractivity contribution in [2.24, 2.45) is 0 Å². The number of aliphatic carboxylic acids is 1. The Morgan fingerprint density at radius 2 is 2.17 bits per heavy atom. The molecule has 0 spiro atoms. The van der Waals surface area contributed by atoms with Crippen LogP contribution in [0.1, 0.15) is 26.7 Å². The van der Waals surface area contributed by atoms with E-state index in [1.54, 1.807) is 6.92 Å². The summed E-state index contributed by atoms with van der Waals surface area (Å²) in [6, 6.07) is -0.142. The lowest BCUT2D eigenvalue weighted by atomic mass is 10.1. The molecule has 1 unspecified atom stereocenters. The fourth-order valence-corrected chi connectivity index (χ4v) is 2.22. The second-order valence-electron chi connectivity index (χ2n) is 4.59. The average Bonchev–Trinajstić information content (AvgIpc) is 2.35. The number of carboxylic acid groups (broad SMARTS) is 1. The van der Waals surface area contributed by atoms with Crippen molar-refractivity contribution < 1.29 is 14.7 Å². The summed E-state index contributed by atoms with van der Waals surface area (Å²) in [5.41, 5.74) is 0. The van der Waals surface area contributed by atoms with Gasteiger partial charge in [-0.05, 0) is 32.9 Å². The van der Waals surface area contributed by atoms with Gasteiger partial charge in [-0.15, -0.1) is 0 Å². The average molecular weight is 257 g/mol. The molecule has 2 amide bonds. The molecule has 2 N–H and O–H groups in total. The number of urea groups is 1. The number of amides is 2. The van der Waals surface area contributed by atoms with E-state index in [4.69, 9.17) is 5.11 Å². The van der Waals surface area contributed by atoms with E-state index >= 15 is 0 Å². The zero-order valence-corrected chi connectivity index (χ0v) is 11.2. The van der Waals surface area contributed by atoms with Gasteiger partial charge in [0.2, 0.25) is 0 Å². The molecular weight excluding hydrogens is 234 g/mol. The standard InChI is InChI=1S/C12H23N3O3/c1-3-14-7-5-6-10(8-14)13-12(18)15(4-2)9-11(16)17/h10H,3-9H2,1-2H3,(H,13,18)(H,16,17). The van der Waals surface area contributed by atoms with E-state index in [2.05, 4.69) is 17.1 Å². The van der Waals surface area contributed by atoms with Crippen LogP contribution < -0.4 is 5.32 Å². The van der Waals surface area contributed by atoms with Crippen molar-refractivity contribution in [2.75, 3.05) is 32.7 Å². The quantitative estimate of drug-likeness (QED) is 0.756. The number of hydrogen-bond acceptors (Lipinski definition) is 3. The van der Waals surface area contributed by atoms with Crippen molar-refractivity contribution in [1.82, 2.24) is 15.1 Å². The molecule has 18 heavy (non-hydrogen) atoms. The number of carbonyl (C=O) groups is 2. The Labute approximate surface area is 108 Å². The third-order valence-corrected chi connectivity index (χ3v) is 3.28. The number of likely N-dealkylation sites (N-methyl/N-ethyl adjacent to an activating group) is 2. The summed E-state index contributed by atoms with van der Waals surface area (Å²) in [5, 5.41) is 11.6. The second kappa shape index (κ2) is 7.20. The zero-order chi connectivity index (χ0) is 13.5. The molecule has 0 aliphatic carbocycles. The van der Waals surface area contributed by atoms with E-state index in [-0.39, 0.29) is 18.6 Å². The molecule has 104 valence electrons. The van der Waals surface area contributed by atoms with Crippen LogP contribution >= 0.6 is 0 Å².